The summed E-state index contributed by atoms with van der Waals surface area (Å²) in [5.74, 6) is -2.70. The second kappa shape index (κ2) is 7.89. The molecule has 0 radical (unpaired) electrons. The average Bonchev–Trinajstić information content (AvgIpc) is 2.69. The standard InChI is InChI=1S/C22H13F9O2/c23-20(24,25)15-10-13(6-8-17(15)32)19(22(29,30)31,12-4-2-1-3-5-12)14-7-9-18(33)16(11-14)21(26,27)28/h1-11,32-33H. The van der Waals surface area contributed by atoms with E-state index in [-0.39, 0.29) is 12.1 Å². The van der Waals surface area contributed by atoms with Crippen molar-refractivity contribution in [3.63, 3.8) is 0 Å². The van der Waals surface area contributed by atoms with E-state index in [9.17, 15) is 49.7 Å². The van der Waals surface area contributed by atoms with Gasteiger partial charge in [0.05, 0.1) is 11.1 Å². The van der Waals surface area contributed by atoms with Gasteiger partial charge >= 0.3 is 18.5 Å². The summed E-state index contributed by atoms with van der Waals surface area (Å²) in [6.07, 6.45) is -15.9. The predicted octanol–water partition coefficient (Wildman–Crippen LogP) is 7.03. The first-order valence-electron chi connectivity index (χ1n) is 9.03. The van der Waals surface area contributed by atoms with Crippen LogP contribution in [0.1, 0.15) is 27.8 Å². The molecule has 0 unspecified atom stereocenters. The maximum atomic E-state index is 14.8. The highest BCUT2D eigenvalue weighted by molar-refractivity contribution is 5.57. The fourth-order valence-electron chi connectivity index (χ4n) is 3.67. The Balaban J connectivity index is 2.52. The van der Waals surface area contributed by atoms with E-state index < -0.39 is 63.3 Å². The lowest BCUT2D eigenvalue weighted by atomic mass is 9.68. The molecule has 0 aromatic heterocycles. The summed E-state index contributed by atoms with van der Waals surface area (Å²) in [4.78, 5) is 0. The lowest BCUT2D eigenvalue weighted by Gasteiger charge is -2.38. The molecule has 3 rings (SSSR count). The molecule has 2 nitrogen and oxygen atoms in total. The maximum Gasteiger partial charge on any atom is 0.419 e. The average molecular weight is 480 g/mol. The van der Waals surface area contributed by atoms with E-state index in [1.54, 1.807) is 0 Å². The van der Waals surface area contributed by atoms with Crippen LogP contribution in [0.25, 0.3) is 0 Å². The normalized spacial score (nSPS) is 13.2. The molecule has 3 aromatic rings. The number of phenols is 2. The minimum Gasteiger partial charge on any atom is -0.507 e. The third kappa shape index (κ3) is 4.19. The van der Waals surface area contributed by atoms with E-state index in [1.807, 2.05) is 0 Å². The number of alkyl halides is 9. The SMILES string of the molecule is Oc1ccc(C(c2ccccc2)(c2ccc(O)c(C(F)(F)F)c2)C(F)(F)F)cc1C(F)(F)F. The van der Waals surface area contributed by atoms with Crippen LogP contribution in [0.5, 0.6) is 11.5 Å². The molecule has 0 atom stereocenters. The minimum absolute atomic E-state index is 0.0515. The summed E-state index contributed by atoms with van der Waals surface area (Å²) in [5, 5.41) is 19.2. The first kappa shape index (κ1) is 24.3. The zero-order chi connectivity index (χ0) is 24.8. The molecule has 2 N–H and O–H groups in total. The molecule has 0 aliphatic carbocycles. The molecule has 0 spiro atoms. The number of hydrogen-bond acceptors (Lipinski definition) is 2. The molecule has 0 fully saturated rings. The van der Waals surface area contributed by atoms with Gasteiger partial charge in [0.2, 0.25) is 0 Å². The van der Waals surface area contributed by atoms with Crippen molar-refractivity contribution >= 4 is 0 Å². The highest BCUT2D eigenvalue weighted by atomic mass is 19.4. The Morgan fingerprint density at radius 3 is 1.21 bits per heavy atom. The molecule has 176 valence electrons. The molecule has 3 aromatic carbocycles. The van der Waals surface area contributed by atoms with E-state index in [2.05, 4.69) is 0 Å². The van der Waals surface area contributed by atoms with Crippen molar-refractivity contribution in [2.24, 2.45) is 0 Å². The smallest absolute Gasteiger partial charge is 0.419 e. The second-order valence-corrected chi connectivity index (χ2v) is 7.07. The highest BCUT2D eigenvalue weighted by Crippen LogP contribution is 2.53. The van der Waals surface area contributed by atoms with Gasteiger partial charge in [-0.1, -0.05) is 42.5 Å². The van der Waals surface area contributed by atoms with Crippen molar-refractivity contribution in [1.29, 1.82) is 0 Å². The van der Waals surface area contributed by atoms with E-state index in [0.29, 0.717) is 24.3 Å². The van der Waals surface area contributed by atoms with E-state index in [4.69, 9.17) is 0 Å². The van der Waals surface area contributed by atoms with Gasteiger partial charge in [0.25, 0.3) is 0 Å². The van der Waals surface area contributed by atoms with Crippen molar-refractivity contribution in [1.82, 2.24) is 0 Å². The summed E-state index contributed by atoms with van der Waals surface area (Å²) in [7, 11) is 0. The van der Waals surface area contributed by atoms with Crippen LogP contribution in [0, 0.1) is 0 Å². The van der Waals surface area contributed by atoms with Crippen molar-refractivity contribution < 1.29 is 49.7 Å². The molecule has 0 saturated carbocycles. The van der Waals surface area contributed by atoms with Gasteiger partial charge in [0, 0.05) is 0 Å². The van der Waals surface area contributed by atoms with Gasteiger partial charge in [0.15, 0.2) is 0 Å². The van der Waals surface area contributed by atoms with Gasteiger partial charge in [0.1, 0.15) is 16.9 Å². The Labute approximate surface area is 180 Å². The quantitative estimate of drug-likeness (QED) is 0.312. The molecule has 0 aliphatic heterocycles. The number of halogens is 9. The molecule has 0 heterocycles. The van der Waals surface area contributed by atoms with Crippen molar-refractivity contribution in [2.45, 2.75) is 23.9 Å². The van der Waals surface area contributed by atoms with E-state index >= 15 is 0 Å². The van der Waals surface area contributed by atoms with Gasteiger partial charge in [-0.25, -0.2) is 0 Å². The summed E-state index contributed by atoms with van der Waals surface area (Å²) in [6, 6.07) is 7.45. The molecular weight excluding hydrogens is 467 g/mol. The number of rotatable bonds is 3. The first-order chi connectivity index (χ1) is 15.1. The first-order valence-corrected chi connectivity index (χ1v) is 9.03. The molecule has 0 amide bonds. The molecule has 33 heavy (non-hydrogen) atoms. The van der Waals surface area contributed by atoms with Crippen LogP contribution < -0.4 is 0 Å². The minimum atomic E-state index is -5.45. The summed E-state index contributed by atoms with van der Waals surface area (Å²) in [5.41, 5.74) is -9.92. The molecule has 0 bridgehead atoms. The van der Waals surface area contributed by atoms with E-state index in [1.165, 1.54) is 6.07 Å². The molecule has 0 aliphatic rings. The number of phenolic OH excluding ortho intramolecular Hbond substituents is 2. The summed E-state index contributed by atoms with van der Waals surface area (Å²) in [6.45, 7) is 0. The topological polar surface area (TPSA) is 40.5 Å². The van der Waals surface area contributed by atoms with Gasteiger partial charge in [-0.2, -0.15) is 39.5 Å². The highest BCUT2D eigenvalue weighted by Gasteiger charge is 2.59. The Morgan fingerprint density at radius 1 is 0.485 bits per heavy atom. The lowest BCUT2D eigenvalue weighted by molar-refractivity contribution is -0.167. The third-order valence-electron chi connectivity index (χ3n) is 5.10. The van der Waals surface area contributed by atoms with Gasteiger partial charge in [-0.3, -0.25) is 0 Å². The fourth-order valence-corrected chi connectivity index (χ4v) is 3.67. The third-order valence-corrected chi connectivity index (χ3v) is 5.10. The van der Waals surface area contributed by atoms with Crippen LogP contribution in [0.2, 0.25) is 0 Å². The Hall–Kier alpha value is -3.37. The van der Waals surface area contributed by atoms with Gasteiger partial charge in [-0.15, -0.1) is 0 Å². The van der Waals surface area contributed by atoms with Gasteiger partial charge in [-0.05, 0) is 41.0 Å². The predicted molar refractivity (Wildman–Crippen MR) is 98.6 cm³/mol. The van der Waals surface area contributed by atoms with Crippen LogP contribution in [-0.4, -0.2) is 16.4 Å². The van der Waals surface area contributed by atoms with Crippen LogP contribution in [-0.2, 0) is 17.8 Å². The van der Waals surface area contributed by atoms with Crippen LogP contribution >= 0.6 is 0 Å². The number of benzene rings is 3. The van der Waals surface area contributed by atoms with Crippen LogP contribution in [0.15, 0.2) is 66.7 Å². The lowest BCUT2D eigenvalue weighted by Crippen LogP contribution is -2.45. The summed E-state index contributed by atoms with van der Waals surface area (Å²) < 4.78 is 125. The zero-order valence-corrected chi connectivity index (χ0v) is 16.1. The maximum absolute atomic E-state index is 14.8. The van der Waals surface area contributed by atoms with Crippen molar-refractivity contribution in [3.05, 3.63) is 94.5 Å². The largest absolute Gasteiger partial charge is 0.507 e. The number of aromatic hydroxyl groups is 2. The molecule has 11 heteroatoms. The van der Waals surface area contributed by atoms with Crippen molar-refractivity contribution in [3.8, 4) is 11.5 Å². The Morgan fingerprint density at radius 2 is 0.879 bits per heavy atom. The zero-order valence-electron chi connectivity index (χ0n) is 16.1. The fraction of sp³-hybridized carbons (Fsp3) is 0.182. The van der Waals surface area contributed by atoms with Crippen LogP contribution in [0.4, 0.5) is 39.5 Å². The molecule has 0 saturated heterocycles. The van der Waals surface area contributed by atoms with Crippen molar-refractivity contribution in [2.75, 3.05) is 0 Å². The Bertz CT molecular complexity index is 1080. The van der Waals surface area contributed by atoms with E-state index in [0.717, 1.165) is 24.3 Å². The van der Waals surface area contributed by atoms with Gasteiger partial charge < -0.3 is 10.2 Å². The Kier molecular flexibility index (Phi) is 5.80. The van der Waals surface area contributed by atoms with Crippen LogP contribution in [0.3, 0.4) is 0 Å². The molecular formula is C22H13F9O2. The summed E-state index contributed by atoms with van der Waals surface area (Å²) >= 11 is 0. The monoisotopic (exact) mass is 480 g/mol. The number of hydrogen-bond donors (Lipinski definition) is 2. The second-order valence-electron chi connectivity index (χ2n) is 7.07.